The van der Waals surface area contributed by atoms with Gasteiger partial charge in [-0.05, 0) is 30.2 Å². The fourth-order valence-corrected chi connectivity index (χ4v) is 3.75. The van der Waals surface area contributed by atoms with Gasteiger partial charge in [0.05, 0.1) is 18.6 Å². The quantitative estimate of drug-likeness (QED) is 0.417. The second-order valence-electron chi connectivity index (χ2n) is 7.50. The molecule has 1 aliphatic heterocycles. The van der Waals surface area contributed by atoms with Gasteiger partial charge < -0.3 is 19.7 Å². The van der Waals surface area contributed by atoms with Crippen molar-refractivity contribution >= 4 is 33.7 Å². The molecule has 1 unspecified atom stereocenters. The van der Waals surface area contributed by atoms with Crippen molar-refractivity contribution < 1.29 is 23.9 Å². The zero-order valence-corrected chi connectivity index (χ0v) is 19.6. The number of nitrogens with one attached hydrogen (secondary N) is 1. The maximum Gasteiger partial charge on any atom is 0.308 e. The summed E-state index contributed by atoms with van der Waals surface area (Å²) in [6, 6.07) is 13.6. The van der Waals surface area contributed by atoms with Crippen LogP contribution in [0.4, 0.5) is 0 Å². The van der Waals surface area contributed by atoms with E-state index in [1.54, 1.807) is 18.2 Å². The molecule has 0 spiro atoms. The number of rotatable bonds is 9. The fraction of sp³-hybridized carbons (Fsp3) is 0.375. The van der Waals surface area contributed by atoms with Crippen LogP contribution >= 0.6 is 15.9 Å². The molecular formula is C24H27BrN2O5. The van der Waals surface area contributed by atoms with Crippen molar-refractivity contribution in [3.05, 3.63) is 64.1 Å². The van der Waals surface area contributed by atoms with Crippen LogP contribution in [0.2, 0.25) is 0 Å². The maximum atomic E-state index is 13.4. The zero-order valence-electron chi connectivity index (χ0n) is 18.0. The number of unbranched alkanes of at least 4 members (excludes halogenated alkanes) is 1. The molecule has 1 aliphatic rings. The average Bonchev–Trinajstić information content (AvgIpc) is 2.80. The monoisotopic (exact) mass is 502 g/mol. The van der Waals surface area contributed by atoms with E-state index in [0.29, 0.717) is 31.0 Å². The number of halogens is 1. The van der Waals surface area contributed by atoms with Crippen LogP contribution in [0.1, 0.15) is 42.1 Å². The van der Waals surface area contributed by atoms with E-state index < -0.39 is 12.0 Å². The Kier molecular flexibility index (Phi) is 8.67. The first-order valence-electron chi connectivity index (χ1n) is 10.7. The van der Waals surface area contributed by atoms with Crippen LogP contribution in [0.25, 0.3) is 0 Å². The van der Waals surface area contributed by atoms with Gasteiger partial charge in [-0.25, -0.2) is 0 Å². The number of esters is 1. The lowest BCUT2D eigenvalue weighted by atomic mass is 10.1. The minimum atomic E-state index is -0.943. The molecule has 32 heavy (non-hydrogen) atoms. The van der Waals surface area contributed by atoms with Gasteiger partial charge in [-0.3, -0.25) is 14.4 Å². The summed E-state index contributed by atoms with van der Waals surface area (Å²) in [7, 11) is 0. The van der Waals surface area contributed by atoms with Crippen molar-refractivity contribution in [1.82, 2.24) is 10.2 Å². The van der Waals surface area contributed by atoms with Crippen LogP contribution in [0.15, 0.2) is 53.0 Å². The first-order valence-corrected chi connectivity index (χ1v) is 11.5. The second kappa shape index (κ2) is 11.7. The molecule has 2 amide bonds. The number of hydrogen-bond donors (Lipinski definition) is 1. The molecular weight excluding hydrogens is 476 g/mol. The van der Waals surface area contributed by atoms with Crippen LogP contribution in [-0.4, -0.2) is 48.4 Å². The standard InChI is InChI=1S/C24H27BrN2O5/c1-2-3-13-31-21-10-9-18(25)14-19(21)24(30)27-12-11-26-23(29)20(27)15-22(28)32-16-17-7-5-4-6-8-17/h4-10,14,20H,2-3,11-13,15-16H2,1H3,(H,26,29). The van der Waals surface area contributed by atoms with Gasteiger partial charge in [0.25, 0.3) is 5.91 Å². The normalized spacial score (nSPS) is 15.8. The molecule has 7 nitrogen and oxygen atoms in total. The van der Waals surface area contributed by atoms with Crippen molar-refractivity contribution in [1.29, 1.82) is 0 Å². The highest BCUT2D eigenvalue weighted by molar-refractivity contribution is 9.10. The Bertz CT molecular complexity index is 951. The molecule has 1 atom stereocenters. The van der Waals surface area contributed by atoms with Crippen LogP contribution in [-0.2, 0) is 20.9 Å². The Balaban J connectivity index is 1.73. The lowest BCUT2D eigenvalue weighted by molar-refractivity contribution is -0.148. The third-order valence-electron chi connectivity index (χ3n) is 5.12. The summed E-state index contributed by atoms with van der Waals surface area (Å²) >= 11 is 3.40. The zero-order chi connectivity index (χ0) is 22.9. The van der Waals surface area contributed by atoms with Crippen molar-refractivity contribution in [2.75, 3.05) is 19.7 Å². The third-order valence-corrected chi connectivity index (χ3v) is 5.62. The summed E-state index contributed by atoms with van der Waals surface area (Å²) in [6.07, 6.45) is 1.62. The number of benzene rings is 2. The van der Waals surface area contributed by atoms with E-state index in [2.05, 4.69) is 28.2 Å². The van der Waals surface area contributed by atoms with Gasteiger partial charge in [0, 0.05) is 17.6 Å². The van der Waals surface area contributed by atoms with E-state index in [-0.39, 0.29) is 24.8 Å². The molecule has 1 fully saturated rings. The molecule has 0 radical (unpaired) electrons. The molecule has 1 saturated heterocycles. The first kappa shape index (κ1) is 23.8. The van der Waals surface area contributed by atoms with E-state index >= 15 is 0 Å². The molecule has 170 valence electrons. The van der Waals surface area contributed by atoms with Crippen LogP contribution in [0.3, 0.4) is 0 Å². The Morgan fingerprint density at radius 3 is 2.72 bits per heavy atom. The van der Waals surface area contributed by atoms with Gasteiger partial charge in [0.2, 0.25) is 5.91 Å². The van der Waals surface area contributed by atoms with Crippen molar-refractivity contribution in [2.24, 2.45) is 0 Å². The van der Waals surface area contributed by atoms with Gasteiger partial charge in [-0.15, -0.1) is 0 Å². The molecule has 2 aromatic rings. The summed E-state index contributed by atoms with van der Waals surface area (Å²) in [5, 5.41) is 2.73. The largest absolute Gasteiger partial charge is 0.493 e. The molecule has 1 N–H and O–H groups in total. The Labute approximate surface area is 196 Å². The number of hydrogen-bond acceptors (Lipinski definition) is 5. The Hall–Kier alpha value is -2.87. The molecule has 1 heterocycles. The minimum absolute atomic E-state index is 0.114. The van der Waals surface area contributed by atoms with Gasteiger partial charge in [0.1, 0.15) is 18.4 Å². The second-order valence-corrected chi connectivity index (χ2v) is 8.41. The topological polar surface area (TPSA) is 84.9 Å². The van der Waals surface area contributed by atoms with E-state index in [1.807, 2.05) is 30.3 Å². The van der Waals surface area contributed by atoms with E-state index in [4.69, 9.17) is 9.47 Å². The summed E-state index contributed by atoms with van der Waals surface area (Å²) in [5.41, 5.74) is 1.21. The first-order chi connectivity index (χ1) is 15.5. The summed E-state index contributed by atoms with van der Waals surface area (Å²) in [5.74, 6) is -0.802. The number of amides is 2. The third kappa shape index (κ3) is 6.32. The van der Waals surface area contributed by atoms with Gasteiger partial charge in [-0.2, -0.15) is 0 Å². The molecule has 0 aromatic heterocycles. The number of carbonyl (C=O) groups excluding carboxylic acids is 3. The highest BCUT2D eigenvalue weighted by atomic mass is 79.9. The SMILES string of the molecule is CCCCOc1ccc(Br)cc1C(=O)N1CCNC(=O)C1CC(=O)OCc1ccccc1. The molecule has 0 saturated carbocycles. The van der Waals surface area contributed by atoms with Crippen LogP contribution < -0.4 is 10.1 Å². The Morgan fingerprint density at radius 1 is 1.19 bits per heavy atom. The van der Waals surface area contributed by atoms with Gasteiger partial charge >= 0.3 is 5.97 Å². The molecule has 0 bridgehead atoms. The van der Waals surface area contributed by atoms with Crippen LogP contribution in [0, 0.1) is 0 Å². The van der Waals surface area contributed by atoms with Crippen molar-refractivity contribution in [3.8, 4) is 5.75 Å². The number of nitrogens with zero attached hydrogens (tertiary/aromatic N) is 1. The smallest absolute Gasteiger partial charge is 0.308 e. The highest BCUT2D eigenvalue weighted by Crippen LogP contribution is 2.27. The predicted octanol–water partition coefficient (Wildman–Crippen LogP) is 3.70. The fourth-order valence-electron chi connectivity index (χ4n) is 3.39. The van der Waals surface area contributed by atoms with Crippen molar-refractivity contribution in [2.45, 2.75) is 38.8 Å². The molecule has 0 aliphatic carbocycles. The summed E-state index contributed by atoms with van der Waals surface area (Å²) < 4.78 is 11.9. The average molecular weight is 503 g/mol. The number of piperazine rings is 1. The van der Waals surface area contributed by atoms with Gasteiger partial charge in [0.15, 0.2) is 0 Å². The minimum Gasteiger partial charge on any atom is -0.493 e. The molecule has 2 aromatic carbocycles. The lowest BCUT2D eigenvalue weighted by Gasteiger charge is -2.35. The molecule has 8 heteroatoms. The maximum absolute atomic E-state index is 13.4. The van der Waals surface area contributed by atoms with Crippen LogP contribution in [0.5, 0.6) is 5.75 Å². The molecule has 3 rings (SSSR count). The van der Waals surface area contributed by atoms with E-state index in [0.717, 1.165) is 22.9 Å². The van der Waals surface area contributed by atoms with E-state index in [1.165, 1.54) is 4.90 Å². The summed E-state index contributed by atoms with van der Waals surface area (Å²) in [6.45, 7) is 3.28. The lowest BCUT2D eigenvalue weighted by Crippen LogP contribution is -2.57. The number of carbonyl (C=O) groups is 3. The number of ether oxygens (including phenoxy) is 2. The van der Waals surface area contributed by atoms with E-state index in [9.17, 15) is 14.4 Å². The Morgan fingerprint density at radius 2 is 1.97 bits per heavy atom. The highest BCUT2D eigenvalue weighted by Gasteiger charge is 2.36. The predicted molar refractivity (Wildman–Crippen MR) is 123 cm³/mol. The van der Waals surface area contributed by atoms with Crippen molar-refractivity contribution in [3.63, 3.8) is 0 Å². The summed E-state index contributed by atoms with van der Waals surface area (Å²) in [4.78, 5) is 39.9. The van der Waals surface area contributed by atoms with Gasteiger partial charge in [-0.1, -0.05) is 59.6 Å².